The minimum absolute atomic E-state index is 0.344. The topological polar surface area (TPSA) is 80.9 Å². The van der Waals surface area contributed by atoms with Crippen molar-refractivity contribution in [1.82, 2.24) is 15.4 Å². The van der Waals surface area contributed by atoms with E-state index in [-0.39, 0.29) is 5.91 Å². The van der Waals surface area contributed by atoms with Crippen molar-refractivity contribution in [3.05, 3.63) is 34.9 Å². The van der Waals surface area contributed by atoms with Gasteiger partial charge in [0.2, 0.25) is 0 Å². The van der Waals surface area contributed by atoms with Gasteiger partial charge in [0.05, 0.1) is 5.69 Å². The van der Waals surface area contributed by atoms with E-state index < -0.39 is 0 Å². The Kier molecular flexibility index (Phi) is 2.70. The number of hydrazine groups is 1. The molecule has 0 saturated heterocycles. The van der Waals surface area contributed by atoms with Crippen LogP contribution >= 0.6 is 11.3 Å². The van der Waals surface area contributed by atoms with Crippen molar-refractivity contribution in [2.75, 3.05) is 0 Å². The van der Waals surface area contributed by atoms with E-state index in [4.69, 9.17) is 5.84 Å². The number of carbonyl (C=O) groups is 1. The molecule has 0 atom stereocenters. The summed E-state index contributed by atoms with van der Waals surface area (Å²) in [7, 11) is 0. The Bertz CT molecular complexity index is 468. The van der Waals surface area contributed by atoms with Gasteiger partial charge in [-0.2, -0.15) is 0 Å². The molecule has 0 saturated carbocycles. The normalized spacial score (nSPS) is 9.93. The number of aromatic nitrogens is 2. The maximum Gasteiger partial charge on any atom is 0.294 e. The van der Waals surface area contributed by atoms with E-state index in [1.165, 1.54) is 11.3 Å². The zero-order valence-electron chi connectivity index (χ0n) is 7.68. The summed E-state index contributed by atoms with van der Waals surface area (Å²) >= 11 is 1.25. The largest absolute Gasteiger partial charge is 0.294 e. The van der Waals surface area contributed by atoms with Gasteiger partial charge in [0.1, 0.15) is 0 Å². The molecule has 0 unspecified atom stereocenters. The molecule has 2 aromatic rings. The maximum absolute atomic E-state index is 11.2. The Labute approximate surface area is 90.0 Å². The van der Waals surface area contributed by atoms with Crippen LogP contribution in [0.2, 0.25) is 0 Å². The fourth-order valence-corrected chi connectivity index (χ4v) is 1.82. The Morgan fingerprint density at radius 1 is 1.53 bits per heavy atom. The summed E-state index contributed by atoms with van der Waals surface area (Å²) in [5.74, 6) is 4.63. The third-order valence-electron chi connectivity index (χ3n) is 1.79. The quantitative estimate of drug-likeness (QED) is 0.446. The van der Waals surface area contributed by atoms with Crippen LogP contribution in [0.3, 0.4) is 0 Å². The number of nitrogen functional groups attached to an aromatic ring is 1. The first kappa shape index (κ1) is 9.75. The molecule has 0 aliphatic carbocycles. The van der Waals surface area contributed by atoms with Crippen molar-refractivity contribution in [1.29, 1.82) is 0 Å². The Balaban J connectivity index is 2.32. The molecule has 0 aromatic carbocycles. The van der Waals surface area contributed by atoms with Crippen LogP contribution < -0.4 is 11.3 Å². The highest BCUT2D eigenvalue weighted by molar-refractivity contribution is 7.12. The molecular formula is C9H8N4OS. The molecular weight excluding hydrogens is 212 g/mol. The first-order valence-electron chi connectivity index (χ1n) is 4.18. The predicted octanol–water partition coefficient (Wildman–Crippen LogP) is 0.809. The average molecular weight is 220 g/mol. The summed E-state index contributed by atoms with van der Waals surface area (Å²) in [4.78, 5) is 19.3. The number of nitrogens with one attached hydrogen (secondary N) is 1. The van der Waals surface area contributed by atoms with Gasteiger partial charge in [-0.15, -0.1) is 11.3 Å². The number of carbonyl (C=O) groups excluding carboxylic acids is 1. The standard InChI is InChI=1S/C9H8N4OS/c10-13-8(14)9-12-7(5-15-9)6-2-1-3-11-4-6/h1-5H,10H2,(H,13,14). The first-order chi connectivity index (χ1) is 7.31. The number of nitrogens with zero attached hydrogens (tertiary/aromatic N) is 2. The highest BCUT2D eigenvalue weighted by Crippen LogP contribution is 2.20. The van der Waals surface area contributed by atoms with Crippen LogP contribution in [0.25, 0.3) is 11.3 Å². The molecule has 0 fully saturated rings. The molecule has 15 heavy (non-hydrogen) atoms. The van der Waals surface area contributed by atoms with Gasteiger partial charge in [-0.05, 0) is 12.1 Å². The molecule has 5 nitrogen and oxygen atoms in total. The number of pyridine rings is 1. The van der Waals surface area contributed by atoms with Crippen molar-refractivity contribution >= 4 is 17.2 Å². The van der Waals surface area contributed by atoms with Crippen molar-refractivity contribution in [3.63, 3.8) is 0 Å². The number of hydrogen-bond acceptors (Lipinski definition) is 5. The lowest BCUT2D eigenvalue weighted by Gasteiger charge is -1.94. The molecule has 1 amide bonds. The van der Waals surface area contributed by atoms with Gasteiger partial charge in [-0.3, -0.25) is 15.2 Å². The highest BCUT2D eigenvalue weighted by atomic mass is 32.1. The Morgan fingerprint density at radius 3 is 3.07 bits per heavy atom. The van der Waals surface area contributed by atoms with E-state index in [1.807, 2.05) is 17.6 Å². The number of rotatable bonds is 2. The van der Waals surface area contributed by atoms with E-state index in [0.717, 1.165) is 11.3 Å². The highest BCUT2D eigenvalue weighted by Gasteiger charge is 2.10. The number of nitrogens with two attached hydrogens (primary N) is 1. The van der Waals surface area contributed by atoms with Crippen LogP contribution in [0.1, 0.15) is 9.80 Å². The number of thiazole rings is 1. The third-order valence-corrected chi connectivity index (χ3v) is 2.63. The minimum atomic E-state index is -0.379. The Morgan fingerprint density at radius 2 is 2.40 bits per heavy atom. The van der Waals surface area contributed by atoms with Gasteiger partial charge in [0.15, 0.2) is 5.01 Å². The SMILES string of the molecule is NNC(=O)c1nc(-c2cccnc2)cs1. The molecule has 76 valence electrons. The number of amides is 1. The van der Waals surface area contributed by atoms with Gasteiger partial charge in [0, 0.05) is 23.3 Å². The van der Waals surface area contributed by atoms with Crippen LogP contribution in [0, 0.1) is 0 Å². The van der Waals surface area contributed by atoms with Crippen molar-refractivity contribution < 1.29 is 4.79 Å². The predicted molar refractivity (Wildman–Crippen MR) is 57.0 cm³/mol. The zero-order valence-corrected chi connectivity index (χ0v) is 8.49. The molecule has 2 aromatic heterocycles. The lowest BCUT2D eigenvalue weighted by molar-refractivity contribution is 0.0953. The van der Waals surface area contributed by atoms with Crippen LogP contribution in [0.15, 0.2) is 29.9 Å². The summed E-state index contributed by atoms with van der Waals surface area (Å²) in [6.45, 7) is 0. The summed E-state index contributed by atoms with van der Waals surface area (Å²) in [6.07, 6.45) is 3.38. The minimum Gasteiger partial charge on any atom is -0.288 e. The molecule has 2 rings (SSSR count). The van der Waals surface area contributed by atoms with E-state index in [1.54, 1.807) is 17.8 Å². The van der Waals surface area contributed by atoms with Gasteiger partial charge in [0.25, 0.3) is 5.91 Å². The fourth-order valence-electron chi connectivity index (χ4n) is 1.09. The molecule has 0 radical (unpaired) electrons. The summed E-state index contributed by atoms with van der Waals surface area (Å²) in [6, 6.07) is 3.70. The second-order valence-electron chi connectivity index (χ2n) is 2.75. The third kappa shape index (κ3) is 2.00. The molecule has 2 heterocycles. The van der Waals surface area contributed by atoms with Crippen LogP contribution in [0.4, 0.5) is 0 Å². The van der Waals surface area contributed by atoms with Gasteiger partial charge >= 0.3 is 0 Å². The molecule has 0 spiro atoms. The van der Waals surface area contributed by atoms with E-state index in [9.17, 15) is 4.79 Å². The number of hydrogen-bond donors (Lipinski definition) is 2. The molecule has 0 bridgehead atoms. The summed E-state index contributed by atoms with van der Waals surface area (Å²) in [5, 5.41) is 2.14. The lowest BCUT2D eigenvalue weighted by atomic mass is 10.2. The van der Waals surface area contributed by atoms with Crippen molar-refractivity contribution in [3.8, 4) is 11.3 Å². The summed E-state index contributed by atoms with van der Waals surface area (Å²) in [5.41, 5.74) is 3.65. The van der Waals surface area contributed by atoms with Crippen molar-refractivity contribution in [2.45, 2.75) is 0 Å². The summed E-state index contributed by atoms with van der Waals surface area (Å²) < 4.78 is 0. The first-order valence-corrected chi connectivity index (χ1v) is 5.06. The van der Waals surface area contributed by atoms with Crippen LogP contribution in [0.5, 0.6) is 0 Å². The second-order valence-corrected chi connectivity index (χ2v) is 3.61. The van der Waals surface area contributed by atoms with Gasteiger partial charge in [-0.1, -0.05) is 0 Å². The van der Waals surface area contributed by atoms with Crippen LogP contribution in [-0.4, -0.2) is 15.9 Å². The van der Waals surface area contributed by atoms with Gasteiger partial charge in [-0.25, -0.2) is 10.8 Å². The zero-order chi connectivity index (χ0) is 10.7. The maximum atomic E-state index is 11.2. The molecule has 0 aliphatic heterocycles. The van der Waals surface area contributed by atoms with Crippen molar-refractivity contribution in [2.24, 2.45) is 5.84 Å². The van der Waals surface area contributed by atoms with Crippen LogP contribution in [-0.2, 0) is 0 Å². The second kappa shape index (κ2) is 4.16. The molecule has 3 N–H and O–H groups in total. The molecule has 0 aliphatic rings. The monoisotopic (exact) mass is 220 g/mol. The van der Waals surface area contributed by atoms with E-state index >= 15 is 0 Å². The fraction of sp³-hybridized carbons (Fsp3) is 0. The van der Waals surface area contributed by atoms with E-state index in [0.29, 0.717) is 5.01 Å². The van der Waals surface area contributed by atoms with Gasteiger partial charge < -0.3 is 0 Å². The smallest absolute Gasteiger partial charge is 0.288 e. The average Bonchev–Trinajstić information content (AvgIpc) is 2.78. The molecule has 6 heteroatoms. The van der Waals surface area contributed by atoms with E-state index in [2.05, 4.69) is 9.97 Å². The lowest BCUT2D eigenvalue weighted by Crippen LogP contribution is -2.29. The Hall–Kier alpha value is -1.79.